The Bertz CT molecular complexity index is 733. The van der Waals surface area contributed by atoms with Crippen LogP contribution in [-0.4, -0.2) is 65.7 Å². The van der Waals surface area contributed by atoms with E-state index in [2.05, 4.69) is 78.6 Å². The molecule has 1 aromatic carbocycles. The van der Waals surface area contributed by atoms with Crippen molar-refractivity contribution in [3.8, 4) is 0 Å². The van der Waals surface area contributed by atoms with Crippen molar-refractivity contribution < 1.29 is 4.79 Å². The number of carbonyl (C=O) groups excluding carboxylic acids is 1. The topological polar surface area (TPSA) is 64.3 Å². The highest BCUT2D eigenvalue weighted by atomic mass is 79.9. The lowest BCUT2D eigenvalue weighted by Gasteiger charge is -2.40. The molecular formula is C19H26BrN5O. The van der Waals surface area contributed by atoms with Crippen LogP contribution in [0.2, 0.25) is 0 Å². The van der Waals surface area contributed by atoms with E-state index < -0.39 is 0 Å². The molecule has 140 valence electrons. The quantitative estimate of drug-likeness (QED) is 0.706. The highest BCUT2D eigenvalue weighted by Crippen LogP contribution is 2.24. The van der Waals surface area contributed by atoms with E-state index in [-0.39, 0.29) is 5.91 Å². The Balaban J connectivity index is 1.51. The van der Waals surface area contributed by atoms with Gasteiger partial charge in [-0.3, -0.25) is 14.8 Å². The van der Waals surface area contributed by atoms with Gasteiger partial charge in [-0.25, -0.2) is 0 Å². The van der Waals surface area contributed by atoms with Crippen LogP contribution in [0.5, 0.6) is 0 Å². The molecule has 0 spiro atoms. The van der Waals surface area contributed by atoms with Crippen molar-refractivity contribution in [3.63, 3.8) is 0 Å². The second kappa shape index (κ2) is 8.79. The molecule has 1 aliphatic heterocycles. The van der Waals surface area contributed by atoms with Gasteiger partial charge in [-0.05, 0) is 41.9 Å². The number of benzene rings is 1. The van der Waals surface area contributed by atoms with Crippen LogP contribution in [-0.2, 0) is 0 Å². The van der Waals surface area contributed by atoms with Gasteiger partial charge in [0.1, 0.15) is 0 Å². The highest BCUT2D eigenvalue weighted by molar-refractivity contribution is 9.10. The predicted molar refractivity (Wildman–Crippen MR) is 106 cm³/mol. The van der Waals surface area contributed by atoms with E-state index >= 15 is 0 Å². The minimum Gasteiger partial charge on any atom is -0.351 e. The fraction of sp³-hybridized carbons (Fsp3) is 0.474. The van der Waals surface area contributed by atoms with Crippen molar-refractivity contribution in [2.45, 2.75) is 19.4 Å². The first-order chi connectivity index (χ1) is 12.6. The van der Waals surface area contributed by atoms with Crippen molar-refractivity contribution in [3.05, 3.63) is 51.8 Å². The molecule has 1 unspecified atom stereocenters. The van der Waals surface area contributed by atoms with Gasteiger partial charge in [0, 0.05) is 44.5 Å². The summed E-state index contributed by atoms with van der Waals surface area (Å²) in [5.74, 6) is -0.140. The Morgan fingerprint density at radius 2 is 2.12 bits per heavy atom. The minimum atomic E-state index is -0.140. The normalized spacial score (nSPS) is 18.8. The molecule has 0 bridgehead atoms. The van der Waals surface area contributed by atoms with Crippen LogP contribution in [0.25, 0.3) is 0 Å². The van der Waals surface area contributed by atoms with Crippen LogP contribution < -0.4 is 5.32 Å². The Hall–Kier alpha value is -1.70. The second-order valence-electron chi connectivity index (χ2n) is 6.85. The Labute approximate surface area is 163 Å². The molecule has 7 heteroatoms. The zero-order chi connectivity index (χ0) is 18.5. The molecule has 0 saturated carbocycles. The Morgan fingerprint density at radius 1 is 1.35 bits per heavy atom. The van der Waals surface area contributed by atoms with Gasteiger partial charge in [-0.15, -0.1) is 0 Å². The maximum absolute atomic E-state index is 12.2. The standard InChI is InChI=1S/C19H26BrN5O/c1-14-17(20)18(23-22-14)19(26)21-9-6-10-25-12-11-24(2)13-16(25)15-7-4-3-5-8-15/h3-5,7-8,16H,6,9-13H2,1-2H3,(H,21,26)(H,22,23). The van der Waals surface area contributed by atoms with Gasteiger partial charge in [0.25, 0.3) is 5.91 Å². The number of halogens is 1. The number of hydrogen-bond acceptors (Lipinski definition) is 4. The van der Waals surface area contributed by atoms with Gasteiger partial charge in [-0.1, -0.05) is 30.3 Å². The molecule has 6 nitrogen and oxygen atoms in total. The molecule has 1 amide bonds. The van der Waals surface area contributed by atoms with Gasteiger partial charge in [0.15, 0.2) is 5.69 Å². The largest absolute Gasteiger partial charge is 0.351 e. The molecule has 1 fully saturated rings. The third kappa shape index (κ3) is 4.52. The van der Waals surface area contributed by atoms with Gasteiger partial charge >= 0.3 is 0 Å². The van der Waals surface area contributed by atoms with E-state index in [4.69, 9.17) is 0 Å². The number of likely N-dealkylation sites (N-methyl/N-ethyl adjacent to an activating group) is 1. The summed E-state index contributed by atoms with van der Waals surface area (Å²) in [4.78, 5) is 17.1. The molecule has 1 atom stereocenters. The summed E-state index contributed by atoms with van der Waals surface area (Å²) < 4.78 is 0.734. The zero-order valence-electron chi connectivity index (χ0n) is 15.3. The number of H-pyrrole nitrogens is 1. The van der Waals surface area contributed by atoms with Gasteiger partial charge < -0.3 is 10.2 Å². The van der Waals surface area contributed by atoms with E-state index in [1.807, 2.05) is 6.92 Å². The van der Waals surface area contributed by atoms with Crippen LogP contribution in [0.15, 0.2) is 34.8 Å². The maximum Gasteiger partial charge on any atom is 0.272 e. The van der Waals surface area contributed by atoms with Crippen LogP contribution in [0.3, 0.4) is 0 Å². The van der Waals surface area contributed by atoms with Gasteiger partial charge in [0.2, 0.25) is 0 Å². The first-order valence-corrected chi connectivity index (χ1v) is 9.81. The predicted octanol–water partition coefficient (Wildman–Crippen LogP) is 2.59. The molecule has 2 aromatic rings. The smallest absolute Gasteiger partial charge is 0.272 e. The number of nitrogens with one attached hydrogen (secondary N) is 2. The second-order valence-corrected chi connectivity index (χ2v) is 7.64. The highest BCUT2D eigenvalue weighted by Gasteiger charge is 2.26. The molecule has 0 radical (unpaired) electrons. The summed E-state index contributed by atoms with van der Waals surface area (Å²) in [5, 5.41) is 9.83. The lowest BCUT2D eigenvalue weighted by molar-refractivity contribution is 0.0864. The zero-order valence-corrected chi connectivity index (χ0v) is 16.9. The number of hydrogen-bond donors (Lipinski definition) is 2. The minimum absolute atomic E-state index is 0.140. The summed E-state index contributed by atoms with van der Waals surface area (Å²) in [6, 6.07) is 11.1. The summed E-state index contributed by atoms with van der Waals surface area (Å²) >= 11 is 3.39. The number of aryl methyl sites for hydroxylation is 1. The van der Waals surface area contributed by atoms with E-state index in [1.165, 1.54) is 5.56 Å². The van der Waals surface area contributed by atoms with Crippen molar-refractivity contribution in [2.75, 3.05) is 39.8 Å². The van der Waals surface area contributed by atoms with Crippen LogP contribution >= 0.6 is 15.9 Å². The van der Waals surface area contributed by atoms with Crippen LogP contribution in [0, 0.1) is 6.92 Å². The lowest BCUT2D eigenvalue weighted by Crippen LogP contribution is -2.47. The third-order valence-corrected chi connectivity index (χ3v) is 5.84. The van der Waals surface area contributed by atoms with Gasteiger partial charge in [0.05, 0.1) is 4.47 Å². The molecular weight excluding hydrogens is 394 g/mol. The SMILES string of the molecule is Cc1[nH]nc(C(=O)NCCCN2CCN(C)CC2c2ccccc2)c1Br. The number of nitrogens with zero attached hydrogens (tertiary/aromatic N) is 3. The molecule has 26 heavy (non-hydrogen) atoms. The van der Waals surface area contributed by atoms with Crippen molar-refractivity contribution in [1.82, 2.24) is 25.3 Å². The fourth-order valence-electron chi connectivity index (χ4n) is 3.35. The first kappa shape index (κ1) is 19.1. The number of amides is 1. The fourth-order valence-corrected chi connectivity index (χ4v) is 3.71. The number of piperazine rings is 1. The molecule has 2 heterocycles. The van der Waals surface area contributed by atoms with Crippen molar-refractivity contribution in [1.29, 1.82) is 0 Å². The number of aromatic amines is 1. The van der Waals surface area contributed by atoms with E-state index in [0.29, 0.717) is 18.3 Å². The molecule has 1 aromatic heterocycles. The lowest BCUT2D eigenvalue weighted by atomic mass is 10.0. The van der Waals surface area contributed by atoms with Crippen LogP contribution in [0.4, 0.5) is 0 Å². The number of rotatable bonds is 6. The van der Waals surface area contributed by atoms with Crippen molar-refractivity contribution in [2.24, 2.45) is 0 Å². The Morgan fingerprint density at radius 3 is 2.81 bits per heavy atom. The molecule has 1 saturated heterocycles. The summed E-state index contributed by atoms with van der Waals surface area (Å²) in [6.07, 6.45) is 0.916. The summed E-state index contributed by atoms with van der Waals surface area (Å²) in [7, 11) is 2.18. The van der Waals surface area contributed by atoms with E-state index in [0.717, 1.165) is 42.8 Å². The number of aromatic nitrogens is 2. The van der Waals surface area contributed by atoms with Gasteiger partial charge in [-0.2, -0.15) is 5.10 Å². The summed E-state index contributed by atoms with van der Waals surface area (Å²) in [6.45, 7) is 6.66. The molecule has 1 aliphatic rings. The monoisotopic (exact) mass is 419 g/mol. The molecule has 2 N–H and O–H groups in total. The Kier molecular flexibility index (Phi) is 6.45. The molecule has 3 rings (SSSR count). The van der Waals surface area contributed by atoms with Crippen LogP contribution in [0.1, 0.15) is 34.2 Å². The number of carbonyl (C=O) groups is 1. The van der Waals surface area contributed by atoms with E-state index in [9.17, 15) is 4.79 Å². The third-order valence-electron chi connectivity index (χ3n) is 4.87. The van der Waals surface area contributed by atoms with Crippen molar-refractivity contribution >= 4 is 21.8 Å². The first-order valence-electron chi connectivity index (χ1n) is 9.02. The van der Waals surface area contributed by atoms with E-state index in [1.54, 1.807) is 0 Å². The average molecular weight is 420 g/mol. The maximum atomic E-state index is 12.2. The molecule has 0 aliphatic carbocycles. The average Bonchev–Trinajstić information content (AvgIpc) is 2.99. The summed E-state index contributed by atoms with van der Waals surface area (Å²) in [5.41, 5.74) is 2.64.